The molecule has 0 aliphatic carbocycles. The molecule has 0 aromatic carbocycles. The third kappa shape index (κ3) is 3.91. The predicted molar refractivity (Wildman–Crippen MR) is 79.5 cm³/mol. The SMILES string of the molecule is C1CC(N2CCN(CCC3CCNC3)CC2)CCN1. The van der Waals surface area contributed by atoms with E-state index in [1.165, 1.54) is 84.6 Å². The molecule has 0 aromatic rings. The molecule has 0 spiro atoms. The van der Waals surface area contributed by atoms with Crippen molar-refractivity contribution in [3.05, 3.63) is 0 Å². The van der Waals surface area contributed by atoms with Crippen LogP contribution in [-0.2, 0) is 0 Å². The van der Waals surface area contributed by atoms with E-state index in [1.807, 2.05) is 0 Å². The number of nitrogens with one attached hydrogen (secondary N) is 2. The Balaban J connectivity index is 1.34. The first-order valence-electron chi connectivity index (χ1n) is 8.29. The second-order valence-corrected chi connectivity index (χ2v) is 6.51. The summed E-state index contributed by atoms with van der Waals surface area (Å²) >= 11 is 0. The lowest BCUT2D eigenvalue weighted by atomic mass is 10.0. The van der Waals surface area contributed by atoms with Gasteiger partial charge in [0.15, 0.2) is 0 Å². The molecule has 110 valence electrons. The molecule has 0 saturated carbocycles. The number of hydrogen-bond acceptors (Lipinski definition) is 4. The molecule has 3 heterocycles. The molecule has 4 nitrogen and oxygen atoms in total. The Morgan fingerprint density at radius 2 is 1.58 bits per heavy atom. The Hall–Kier alpha value is -0.160. The molecule has 19 heavy (non-hydrogen) atoms. The molecule has 0 aromatic heterocycles. The van der Waals surface area contributed by atoms with E-state index in [2.05, 4.69) is 20.4 Å². The molecular formula is C15H30N4. The van der Waals surface area contributed by atoms with E-state index in [0.29, 0.717) is 0 Å². The molecular weight excluding hydrogens is 236 g/mol. The molecule has 0 bridgehead atoms. The van der Waals surface area contributed by atoms with Crippen molar-refractivity contribution in [1.82, 2.24) is 20.4 Å². The minimum absolute atomic E-state index is 0.863. The topological polar surface area (TPSA) is 30.5 Å². The van der Waals surface area contributed by atoms with Crippen LogP contribution in [0.5, 0.6) is 0 Å². The van der Waals surface area contributed by atoms with Gasteiger partial charge in [0.25, 0.3) is 0 Å². The van der Waals surface area contributed by atoms with Crippen LogP contribution in [0.4, 0.5) is 0 Å². The normalized spacial score (nSPS) is 31.9. The maximum atomic E-state index is 3.48. The molecule has 2 N–H and O–H groups in total. The summed E-state index contributed by atoms with van der Waals surface area (Å²) in [7, 11) is 0. The average molecular weight is 266 g/mol. The number of rotatable bonds is 4. The van der Waals surface area contributed by atoms with Gasteiger partial charge < -0.3 is 15.5 Å². The summed E-state index contributed by atoms with van der Waals surface area (Å²) < 4.78 is 0. The van der Waals surface area contributed by atoms with Crippen LogP contribution >= 0.6 is 0 Å². The highest BCUT2D eigenvalue weighted by Crippen LogP contribution is 2.16. The van der Waals surface area contributed by atoms with Crippen molar-refractivity contribution in [2.45, 2.75) is 31.7 Å². The first-order chi connectivity index (χ1) is 9.42. The summed E-state index contributed by atoms with van der Waals surface area (Å²) in [5.41, 5.74) is 0. The lowest BCUT2D eigenvalue weighted by Gasteiger charge is -2.41. The zero-order valence-corrected chi connectivity index (χ0v) is 12.2. The van der Waals surface area contributed by atoms with Crippen LogP contribution in [0.1, 0.15) is 25.7 Å². The monoisotopic (exact) mass is 266 g/mol. The van der Waals surface area contributed by atoms with E-state index in [-0.39, 0.29) is 0 Å². The van der Waals surface area contributed by atoms with E-state index in [1.54, 1.807) is 0 Å². The van der Waals surface area contributed by atoms with Crippen molar-refractivity contribution in [2.75, 3.05) is 58.9 Å². The van der Waals surface area contributed by atoms with Crippen LogP contribution < -0.4 is 10.6 Å². The van der Waals surface area contributed by atoms with Gasteiger partial charge in [0.05, 0.1) is 0 Å². The fourth-order valence-corrected chi connectivity index (χ4v) is 3.85. The lowest BCUT2D eigenvalue weighted by Crippen LogP contribution is -2.52. The first-order valence-corrected chi connectivity index (χ1v) is 8.29. The first kappa shape index (κ1) is 13.8. The van der Waals surface area contributed by atoms with Crippen LogP contribution in [0.3, 0.4) is 0 Å². The van der Waals surface area contributed by atoms with Crippen molar-refractivity contribution >= 4 is 0 Å². The smallest absolute Gasteiger partial charge is 0.0120 e. The summed E-state index contributed by atoms with van der Waals surface area (Å²) in [6, 6.07) is 0.863. The standard InChI is InChI=1S/C15H30N4/c1-5-17-13-14(1)4-8-18-9-11-19(12-10-18)15-2-6-16-7-3-15/h14-17H,1-13H2. The van der Waals surface area contributed by atoms with Gasteiger partial charge in [-0.25, -0.2) is 0 Å². The maximum Gasteiger partial charge on any atom is 0.0120 e. The maximum absolute atomic E-state index is 3.48. The van der Waals surface area contributed by atoms with E-state index >= 15 is 0 Å². The molecule has 3 saturated heterocycles. The largest absolute Gasteiger partial charge is 0.317 e. The van der Waals surface area contributed by atoms with Crippen LogP contribution in [0.15, 0.2) is 0 Å². The van der Waals surface area contributed by atoms with Crippen LogP contribution in [0, 0.1) is 5.92 Å². The molecule has 3 aliphatic heterocycles. The third-order valence-corrected chi connectivity index (χ3v) is 5.25. The van der Waals surface area contributed by atoms with Crippen molar-refractivity contribution in [3.63, 3.8) is 0 Å². The summed E-state index contributed by atoms with van der Waals surface area (Å²) in [4.78, 5) is 5.43. The highest BCUT2D eigenvalue weighted by Gasteiger charge is 2.25. The van der Waals surface area contributed by atoms with E-state index in [4.69, 9.17) is 0 Å². The van der Waals surface area contributed by atoms with Crippen molar-refractivity contribution in [1.29, 1.82) is 0 Å². The minimum Gasteiger partial charge on any atom is -0.317 e. The predicted octanol–water partition coefficient (Wildman–Crippen LogP) is 0.356. The van der Waals surface area contributed by atoms with Gasteiger partial charge in [0.1, 0.15) is 0 Å². The third-order valence-electron chi connectivity index (χ3n) is 5.25. The van der Waals surface area contributed by atoms with Gasteiger partial charge in [-0.15, -0.1) is 0 Å². The molecule has 0 amide bonds. The molecule has 3 fully saturated rings. The number of nitrogens with zero attached hydrogens (tertiary/aromatic N) is 2. The van der Waals surface area contributed by atoms with Gasteiger partial charge in [-0.3, -0.25) is 4.90 Å². The Bertz CT molecular complexity index is 251. The minimum atomic E-state index is 0.863. The lowest BCUT2D eigenvalue weighted by molar-refractivity contribution is 0.0794. The van der Waals surface area contributed by atoms with Crippen LogP contribution in [0.2, 0.25) is 0 Å². The Kier molecular flexibility index (Phi) is 5.10. The van der Waals surface area contributed by atoms with Gasteiger partial charge in [-0.1, -0.05) is 0 Å². The number of hydrogen-bond donors (Lipinski definition) is 2. The quantitative estimate of drug-likeness (QED) is 0.769. The van der Waals surface area contributed by atoms with Crippen molar-refractivity contribution in [2.24, 2.45) is 5.92 Å². The van der Waals surface area contributed by atoms with Gasteiger partial charge >= 0.3 is 0 Å². The Morgan fingerprint density at radius 1 is 0.842 bits per heavy atom. The zero-order valence-electron chi connectivity index (χ0n) is 12.2. The van der Waals surface area contributed by atoms with E-state index in [0.717, 1.165) is 12.0 Å². The molecule has 3 rings (SSSR count). The molecule has 0 radical (unpaired) electrons. The van der Waals surface area contributed by atoms with Gasteiger partial charge in [-0.05, 0) is 64.3 Å². The highest BCUT2D eigenvalue weighted by molar-refractivity contribution is 4.82. The van der Waals surface area contributed by atoms with E-state index < -0.39 is 0 Å². The Morgan fingerprint density at radius 3 is 2.26 bits per heavy atom. The van der Waals surface area contributed by atoms with Crippen LogP contribution in [0.25, 0.3) is 0 Å². The Labute approximate surface area is 117 Å². The van der Waals surface area contributed by atoms with Crippen molar-refractivity contribution in [3.8, 4) is 0 Å². The summed E-state index contributed by atoms with van der Waals surface area (Å²) in [6.45, 7) is 11.5. The average Bonchev–Trinajstić information content (AvgIpc) is 3.00. The molecule has 1 unspecified atom stereocenters. The molecule has 4 heteroatoms. The molecule has 1 atom stereocenters. The number of piperidine rings is 1. The van der Waals surface area contributed by atoms with Crippen molar-refractivity contribution < 1.29 is 0 Å². The van der Waals surface area contributed by atoms with Crippen LogP contribution in [-0.4, -0.2) is 74.7 Å². The van der Waals surface area contributed by atoms with Gasteiger partial charge in [0.2, 0.25) is 0 Å². The summed E-state index contributed by atoms with van der Waals surface area (Å²) in [5, 5.41) is 6.95. The van der Waals surface area contributed by atoms with Gasteiger partial charge in [0, 0.05) is 32.2 Å². The number of piperazine rings is 1. The highest BCUT2D eigenvalue weighted by atomic mass is 15.3. The molecule has 3 aliphatic rings. The zero-order chi connectivity index (χ0) is 12.9. The van der Waals surface area contributed by atoms with Gasteiger partial charge in [-0.2, -0.15) is 0 Å². The van der Waals surface area contributed by atoms with E-state index in [9.17, 15) is 0 Å². The summed E-state index contributed by atoms with van der Waals surface area (Å²) in [6.07, 6.45) is 5.51. The fraction of sp³-hybridized carbons (Fsp3) is 1.00. The second-order valence-electron chi connectivity index (χ2n) is 6.51. The fourth-order valence-electron chi connectivity index (χ4n) is 3.85. The second kappa shape index (κ2) is 7.02. The summed E-state index contributed by atoms with van der Waals surface area (Å²) in [5.74, 6) is 0.947.